The molecular weight excluding hydrogens is 652 g/mol. The van der Waals surface area contributed by atoms with Crippen molar-refractivity contribution in [2.45, 2.75) is 24.3 Å². The highest BCUT2D eigenvalue weighted by Gasteiger charge is 2.20. The number of nitrogens with two attached hydrogens (primary N) is 1. The molecule has 0 aliphatic carbocycles. The molecule has 4 N–H and O–H groups in total. The normalized spacial score (nSPS) is 18.4. The van der Waals surface area contributed by atoms with Crippen LogP contribution < -0.4 is 15.8 Å². The Hall–Kier alpha value is -4.25. The Morgan fingerprint density at radius 3 is 2.47 bits per heavy atom. The Kier molecular flexibility index (Phi) is 11.9. The van der Waals surface area contributed by atoms with E-state index in [0.29, 0.717) is 71.3 Å². The van der Waals surface area contributed by atoms with Gasteiger partial charge in [-0.2, -0.15) is 0 Å². The van der Waals surface area contributed by atoms with E-state index in [1.165, 1.54) is 4.31 Å². The molecule has 14 nitrogen and oxygen atoms in total. The minimum atomic E-state index is -1.74. The number of rotatable bonds is 6. The van der Waals surface area contributed by atoms with Gasteiger partial charge >= 0.3 is 5.97 Å². The van der Waals surface area contributed by atoms with Gasteiger partial charge < -0.3 is 39.6 Å². The summed E-state index contributed by atoms with van der Waals surface area (Å²) in [4.78, 5) is 21.0. The van der Waals surface area contributed by atoms with E-state index in [-0.39, 0.29) is 25.6 Å². The fraction of sp³-hybridized carbons (Fsp3) is 0.412. The SMILES string of the molecule is Nc1ncc2nc1-c1cc(no1)-c1ccc(CNCC3CCOCC3)c(c1)OCCOCCOCCN(CC(=O)O)S(=O)c1ccc-2cc1. The average molecular weight is 693 g/mol. The maximum Gasteiger partial charge on any atom is 0.318 e. The van der Waals surface area contributed by atoms with E-state index < -0.39 is 23.5 Å². The number of nitrogen functional groups attached to an aromatic ring is 1. The van der Waals surface area contributed by atoms with Crippen molar-refractivity contribution in [3.05, 3.63) is 60.3 Å². The molecule has 1 fully saturated rings. The zero-order valence-corrected chi connectivity index (χ0v) is 27.9. The zero-order valence-electron chi connectivity index (χ0n) is 27.0. The van der Waals surface area contributed by atoms with Crippen molar-refractivity contribution in [3.8, 4) is 39.7 Å². The van der Waals surface area contributed by atoms with Crippen LogP contribution in [-0.2, 0) is 36.5 Å². The van der Waals surface area contributed by atoms with Crippen LogP contribution in [0.5, 0.6) is 5.75 Å². The first-order valence-electron chi connectivity index (χ1n) is 16.2. The number of aliphatic carboxylic acids is 1. The molecule has 49 heavy (non-hydrogen) atoms. The van der Waals surface area contributed by atoms with Gasteiger partial charge in [-0.1, -0.05) is 29.4 Å². The lowest BCUT2D eigenvalue weighted by atomic mass is 10.0. The summed E-state index contributed by atoms with van der Waals surface area (Å²) in [5.74, 6) is 0.712. The first-order valence-corrected chi connectivity index (χ1v) is 17.3. The molecule has 1 unspecified atom stereocenters. The van der Waals surface area contributed by atoms with Gasteiger partial charge in [-0.05, 0) is 43.5 Å². The number of nitrogens with one attached hydrogen (secondary N) is 1. The maximum absolute atomic E-state index is 13.3. The minimum Gasteiger partial charge on any atom is -0.491 e. The Morgan fingerprint density at radius 1 is 0.939 bits per heavy atom. The molecule has 8 bridgehead atoms. The van der Waals surface area contributed by atoms with Crippen LogP contribution in [0, 0.1) is 5.92 Å². The van der Waals surface area contributed by atoms with E-state index in [0.717, 1.165) is 43.7 Å². The molecule has 2 aromatic heterocycles. The second-order valence-electron chi connectivity index (χ2n) is 11.7. The molecule has 0 amide bonds. The van der Waals surface area contributed by atoms with Gasteiger partial charge in [-0.15, -0.1) is 0 Å². The molecule has 1 atom stereocenters. The largest absolute Gasteiger partial charge is 0.491 e. The fourth-order valence-electron chi connectivity index (χ4n) is 5.56. The molecule has 1 saturated heterocycles. The number of carbonyl (C=O) groups is 1. The van der Waals surface area contributed by atoms with Crippen LogP contribution in [-0.4, -0.2) is 101 Å². The van der Waals surface area contributed by atoms with E-state index >= 15 is 0 Å². The van der Waals surface area contributed by atoms with Crippen LogP contribution in [0.2, 0.25) is 0 Å². The van der Waals surface area contributed by atoms with Crippen LogP contribution in [0.25, 0.3) is 34.0 Å². The first kappa shape index (κ1) is 34.6. The molecular formula is C34H40N6O8S. The minimum absolute atomic E-state index is 0.150. The molecule has 0 radical (unpaired) electrons. The summed E-state index contributed by atoms with van der Waals surface area (Å²) < 4.78 is 43.5. The van der Waals surface area contributed by atoms with Crippen molar-refractivity contribution in [2.24, 2.45) is 5.92 Å². The van der Waals surface area contributed by atoms with Crippen molar-refractivity contribution in [1.29, 1.82) is 0 Å². The summed E-state index contributed by atoms with van der Waals surface area (Å²) in [6.07, 6.45) is 3.65. The number of nitrogens with zero attached hydrogens (tertiary/aromatic N) is 4. The summed E-state index contributed by atoms with van der Waals surface area (Å²) in [6, 6.07) is 14.5. The molecule has 2 aromatic carbocycles. The maximum atomic E-state index is 13.3. The molecule has 3 aliphatic rings. The van der Waals surface area contributed by atoms with Crippen LogP contribution in [0.15, 0.2) is 64.1 Å². The van der Waals surface area contributed by atoms with Crippen molar-refractivity contribution >= 4 is 22.8 Å². The van der Waals surface area contributed by atoms with Crippen molar-refractivity contribution in [1.82, 2.24) is 24.7 Å². The highest BCUT2D eigenvalue weighted by Crippen LogP contribution is 2.32. The number of anilines is 1. The Labute approximate surface area is 286 Å². The van der Waals surface area contributed by atoms with Gasteiger partial charge in [0.25, 0.3) is 0 Å². The third kappa shape index (κ3) is 9.26. The van der Waals surface area contributed by atoms with E-state index in [9.17, 15) is 14.1 Å². The Morgan fingerprint density at radius 2 is 1.67 bits per heavy atom. The number of fused-ring (bicyclic) bond motifs is 12. The third-order valence-corrected chi connectivity index (χ3v) is 9.69. The zero-order chi connectivity index (χ0) is 34.0. The monoisotopic (exact) mass is 692 g/mol. The lowest BCUT2D eigenvalue weighted by Crippen LogP contribution is -2.34. The second-order valence-corrected chi connectivity index (χ2v) is 13.2. The molecule has 3 aliphatic heterocycles. The topological polar surface area (TPSA) is 184 Å². The average Bonchev–Trinajstić information content (AvgIpc) is 3.61. The van der Waals surface area contributed by atoms with Crippen LogP contribution in [0.4, 0.5) is 5.82 Å². The van der Waals surface area contributed by atoms with Crippen LogP contribution >= 0.6 is 0 Å². The highest BCUT2D eigenvalue weighted by atomic mass is 32.2. The number of hydrogen-bond acceptors (Lipinski definition) is 12. The Balaban J connectivity index is 1.26. The number of hydrogen-bond donors (Lipinski definition) is 3. The standard InChI is InChI=1S/C34H40N6O8S/c35-34-33-31-18-28(39-48-31)25-1-2-26(20-36-19-23-7-10-44-11-8-23)30(17-25)47-16-15-46-14-13-45-12-9-40(22-32(41)42)49(43)27-5-3-24(4-6-27)29(38-33)21-37-34/h1-6,17-18,21,23,36H,7-16,19-20,22H2,(H2,35,37)(H,41,42). The van der Waals surface area contributed by atoms with Gasteiger partial charge in [0.15, 0.2) is 17.3 Å². The molecule has 260 valence electrons. The van der Waals surface area contributed by atoms with Crippen LogP contribution in [0.3, 0.4) is 0 Å². The number of ether oxygens (including phenoxy) is 4. The lowest BCUT2D eigenvalue weighted by Gasteiger charge is -2.22. The summed E-state index contributed by atoms with van der Waals surface area (Å²) in [5, 5.41) is 17.3. The van der Waals surface area contributed by atoms with Gasteiger partial charge in [0.05, 0.1) is 43.2 Å². The van der Waals surface area contributed by atoms with Gasteiger partial charge in [0.1, 0.15) is 35.6 Å². The molecule has 0 spiro atoms. The molecule has 0 saturated carbocycles. The predicted octanol–water partition coefficient (Wildman–Crippen LogP) is 3.40. The second kappa shape index (κ2) is 16.9. The van der Waals surface area contributed by atoms with Gasteiger partial charge in [-0.3, -0.25) is 4.79 Å². The van der Waals surface area contributed by atoms with E-state index in [4.69, 9.17) is 34.2 Å². The van der Waals surface area contributed by atoms with E-state index in [1.807, 2.05) is 18.2 Å². The van der Waals surface area contributed by atoms with E-state index in [2.05, 4.69) is 15.5 Å². The van der Waals surface area contributed by atoms with E-state index in [1.54, 1.807) is 36.5 Å². The molecule has 15 heteroatoms. The molecule has 7 rings (SSSR count). The number of aromatic nitrogens is 3. The predicted molar refractivity (Wildman–Crippen MR) is 181 cm³/mol. The fourth-order valence-corrected chi connectivity index (χ4v) is 6.69. The lowest BCUT2D eigenvalue weighted by molar-refractivity contribution is -0.137. The van der Waals surface area contributed by atoms with Crippen molar-refractivity contribution < 1.29 is 37.6 Å². The summed E-state index contributed by atoms with van der Waals surface area (Å²) in [6.45, 7) is 4.31. The Bertz CT molecular complexity index is 1730. The molecule has 5 heterocycles. The summed E-state index contributed by atoms with van der Waals surface area (Å²) in [7, 11) is -1.74. The smallest absolute Gasteiger partial charge is 0.318 e. The highest BCUT2D eigenvalue weighted by molar-refractivity contribution is 7.82. The van der Waals surface area contributed by atoms with Crippen molar-refractivity contribution in [3.63, 3.8) is 0 Å². The van der Waals surface area contributed by atoms with Crippen LogP contribution in [0.1, 0.15) is 18.4 Å². The molecule has 4 aromatic rings. The first-order chi connectivity index (χ1) is 23.9. The summed E-state index contributed by atoms with van der Waals surface area (Å²) in [5.41, 5.74) is 10.1. The number of carboxylic acids is 1. The third-order valence-electron chi connectivity index (χ3n) is 8.24. The quantitative estimate of drug-likeness (QED) is 0.250. The number of benzene rings is 2. The van der Waals surface area contributed by atoms with Crippen molar-refractivity contribution in [2.75, 3.05) is 71.6 Å². The number of carboxylic acid groups (broad SMARTS) is 1. The summed E-state index contributed by atoms with van der Waals surface area (Å²) >= 11 is 0. The van der Waals surface area contributed by atoms with Gasteiger partial charge in [-0.25, -0.2) is 18.5 Å². The van der Waals surface area contributed by atoms with Gasteiger partial charge in [0, 0.05) is 49.1 Å². The van der Waals surface area contributed by atoms with Gasteiger partial charge in [0.2, 0.25) is 0 Å².